The first kappa shape index (κ1) is 16.2. The Morgan fingerprint density at radius 2 is 2.14 bits per heavy atom. The Bertz CT molecular complexity index is 674. The number of aromatic nitrogens is 3. The van der Waals surface area contributed by atoms with E-state index in [0.29, 0.717) is 12.3 Å². The molecule has 0 aliphatic heterocycles. The average Bonchev–Trinajstić information content (AvgIpc) is 2.91. The zero-order chi connectivity index (χ0) is 16.1. The van der Waals surface area contributed by atoms with Crippen LogP contribution in [0.25, 0.3) is 11.0 Å². The molecule has 2 aromatic rings. The van der Waals surface area contributed by atoms with Crippen molar-refractivity contribution in [1.82, 2.24) is 15.0 Å². The number of nitrogens with zero attached hydrogens (tertiary/aromatic N) is 2. The van der Waals surface area contributed by atoms with E-state index < -0.39 is 0 Å². The maximum atomic E-state index is 11.6. The van der Waals surface area contributed by atoms with Crippen molar-refractivity contribution in [1.29, 1.82) is 0 Å². The van der Waals surface area contributed by atoms with Gasteiger partial charge in [-0.15, -0.1) is 0 Å². The van der Waals surface area contributed by atoms with Crippen molar-refractivity contribution in [2.45, 2.75) is 46.6 Å². The van der Waals surface area contributed by atoms with Gasteiger partial charge < -0.3 is 9.72 Å². The van der Waals surface area contributed by atoms with Gasteiger partial charge in [0.05, 0.1) is 11.5 Å². The Labute approximate surface area is 130 Å². The zero-order valence-corrected chi connectivity index (χ0v) is 13.6. The molecule has 0 aliphatic carbocycles. The summed E-state index contributed by atoms with van der Waals surface area (Å²) < 4.78 is 5.88. The van der Waals surface area contributed by atoms with Crippen LogP contribution < -0.4 is 4.74 Å². The van der Waals surface area contributed by atoms with Crippen LogP contribution in [-0.2, 0) is 11.2 Å². The number of nitrogens with one attached hydrogen (secondary N) is 1. The highest BCUT2D eigenvalue weighted by atomic mass is 16.5. The number of ether oxygens (including phenoxy) is 1. The third kappa shape index (κ3) is 3.72. The van der Waals surface area contributed by atoms with Crippen molar-refractivity contribution in [3.63, 3.8) is 0 Å². The summed E-state index contributed by atoms with van der Waals surface area (Å²) in [5, 5.41) is 0.893. The van der Waals surface area contributed by atoms with Gasteiger partial charge in [0.25, 0.3) is 0 Å². The largest absolute Gasteiger partial charge is 0.474 e. The summed E-state index contributed by atoms with van der Waals surface area (Å²) in [6.07, 6.45) is 8.56. The number of aromatic amines is 1. The van der Waals surface area contributed by atoms with Gasteiger partial charge in [-0.05, 0) is 31.4 Å². The number of fused-ring (bicyclic) bond motifs is 1. The van der Waals surface area contributed by atoms with Gasteiger partial charge in [0.1, 0.15) is 12.0 Å². The van der Waals surface area contributed by atoms with Crippen LogP contribution in [0.15, 0.2) is 24.7 Å². The first-order chi connectivity index (χ1) is 10.5. The van der Waals surface area contributed by atoms with Crippen LogP contribution in [-0.4, -0.2) is 26.8 Å². The van der Waals surface area contributed by atoms with Crippen LogP contribution in [0.1, 0.15) is 39.7 Å². The zero-order valence-electron chi connectivity index (χ0n) is 13.6. The van der Waals surface area contributed by atoms with E-state index in [-0.39, 0.29) is 17.8 Å². The van der Waals surface area contributed by atoms with Gasteiger partial charge in [-0.1, -0.05) is 26.8 Å². The molecule has 2 rings (SSSR count). The maximum absolute atomic E-state index is 11.6. The van der Waals surface area contributed by atoms with Gasteiger partial charge >= 0.3 is 0 Å². The molecule has 0 radical (unpaired) electrons. The number of hydrogen-bond donors (Lipinski definition) is 1. The standard InChI is InChI=1S/C17H23N3O2/c1-5-12(4)22-17-15-13(7-6-8-14(21)11(2)3)9-18-16(15)19-10-20-17/h6,8-12H,5,7H2,1-4H3,(H,18,19,20). The highest BCUT2D eigenvalue weighted by molar-refractivity contribution is 5.91. The summed E-state index contributed by atoms with van der Waals surface area (Å²) in [7, 11) is 0. The van der Waals surface area contributed by atoms with E-state index in [2.05, 4.69) is 21.9 Å². The molecule has 5 nitrogen and oxygen atoms in total. The molecule has 1 atom stereocenters. The maximum Gasteiger partial charge on any atom is 0.226 e. The molecule has 0 bridgehead atoms. The number of hydrogen-bond acceptors (Lipinski definition) is 4. The fourth-order valence-electron chi connectivity index (χ4n) is 2.01. The Morgan fingerprint density at radius 1 is 1.36 bits per heavy atom. The third-order valence-electron chi connectivity index (χ3n) is 3.59. The van der Waals surface area contributed by atoms with E-state index in [1.807, 2.05) is 33.0 Å². The van der Waals surface area contributed by atoms with Gasteiger partial charge in [0.2, 0.25) is 5.88 Å². The van der Waals surface area contributed by atoms with Crippen LogP contribution in [0.4, 0.5) is 0 Å². The van der Waals surface area contributed by atoms with Crippen molar-refractivity contribution < 1.29 is 9.53 Å². The second-order valence-corrected chi connectivity index (χ2v) is 5.72. The first-order valence-corrected chi connectivity index (χ1v) is 7.70. The normalized spacial score (nSPS) is 13.1. The van der Waals surface area contributed by atoms with Crippen molar-refractivity contribution in [2.24, 2.45) is 5.92 Å². The molecule has 0 aromatic carbocycles. The summed E-state index contributed by atoms with van der Waals surface area (Å²) in [5.41, 5.74) is 1.79. The number of allylic oxidation sites excluding steroid dienone is 2. The highest BCUT2D eigenvalue weighted by Crippen LogP contribution is 2.26. The molecule has 1 N–H and O–H groups in total. The molecule has 118 valence electrons. The van der Waals surface area contributed by atoms with E-state index in [1.54, 1.807) is 6.08 Å². The molecule has 0 saturated heterocycles. The SMILES string of the molecule is CCC(C)Oc1ncnc2[nH]cc(CC=CC(=O)C(C)C)c12. The number of carbonyl (C=O) groups is 1. The van der Waals surface area contributed by atoms with Crippen LogP contribution >= 0.6 is 0 Å². The minimum atomic E-state index is 0.0202. The Kier molecular flexibility index (Phi) is 5.31. The van der Waals surface area contributed by atoms with Gasteiger partial charge in [-0.3, -0.25) is 4.79 Å². The molecule has 0 saturated carbocycles. The predicted molar refractivity (Wildman–Crippen MR) is 87.0 cm³/mol. The topological polar surface area (TPSA) is 67.9 Å². The van der Waals surface area contributed by atoms with E-state index >= 15 is 0 Å². The summed E-state index contributed by atoms with van der Waals surface area (Å²) in [6, 6.07) is 0. The third-order valence-corrected chi connectivity index (χ3v) is 3.59. The van der Waals surface area contributed by atoms with Crippen LogP contribution in [0.3, 0.4) is 0 Å². The monoisotopic (exact) mass is 301 g/mol. The molecule has 2 aromatic heterocycles. The lowest BCUT2D eigenvalue weighted by Gasteiger charge is -2.12. The molecule has 0 aliphatic rings. The summed E-state index contributed by atoms with van der Waals surface area (Å²) in [6.45, 7) is 7.87. The Balaban J connectivity index is 2.25. The quantitative estimate of drug-likeness (QED) is 0.795. The van der Waals surface area contributed by atoms with E-state index in [4.69, 9.17) is 4.74 Å². The number of ketones is 1. The lowest BCUT2D eigenvalue weighted by Crippen LogP contribution is -2.11. The molecule has 1 unspecified atom stereocenters. The molecule has 2 heterocycles. The van der Waals surface area contributed by atoms with Crippen molar-refractivity contribution in [3.05, 3.63) is 30.2 Å². The predicted octanol–water partition coefficient (Wildman–Crippen LogP) is 3.46. The molecule has 5 heteroatoms. The fraction of sp³-hybridized carbons (Fsp3) is 0.471. The lowest BCUT2D eigenvalue weighted by molar-refractivity contribution is -0.117. The van der Waals surface area contributed by atoms with E-state index in [0.717, 1.165) is 23.0 Å². The number of carbonyl (C=O) groups excluding carboxylic acids is 1. The smallest absolute Gasteiger partial charge is 0.226 e. The molecular formula is C17H23N3O2. The van der Waals surface area contributed by atoms with Gasteiger partial charge in [0, 0.05) is 12.1 Å². The molecule has 0 spiro atoms. The van der Waals surface area contributed by atoms with E-state index in [1.165, 1.54) is 6.33 Å². The molecule has 22 heavy (non-hydrogen) atoms. The second kappa shape index (κ2) is 7.20. The van der Waals surface area contributed by atoms with Crippen molar-refractivity contribution in [3.8, 4) is 5.88 Å². The Hall–Kier alpha value is -2.17. The lowest BCUT2D eigenvalue weighted by atomic mass is 10.1. The minimum absolute atomic E-state index is 0.0202. The summed E-state index contributed by atoms with van der Waals surface area (Å²) in [4.78, 5) is 23.3. The van der Waals surface area contributed by atoms with Gasteiger partial charge in [0.15, 0.2) is 5.78 Å². The molecule has 0 amide bonds. The van der Waals surface area contributed by atoms with Gasteiger partial charge in [-0.25, -0.2) is 9.97 Å². The average molecular weight is 301 g/mol. The van der Waals surface area contributed by atoms with E-state index in [9.17, 15) is 4.79 Å². The molecule has 0 fully saturated rings. The highest BCUT2D eigenvalue weighted by Gasteiger charge is 2.13. The number of H-pyrrole nitrogens is 1. The van der Waals surface area contributed by atoms with Crippen molar-refractivity contribution >= 4 is 16.8 Å². The first-order valence-electron chi connectivity index (χ1n) is 7.70. The summed E-state index contributed by atoms with van der Waals surface area (Å²) in [5.74, 6) is 0.748. The second-order valence-electron chi connectivity index (χ2n) is 5.72. The van der Waals surface area contributed by atoms with Gasteiger partial charge in [-0.2, -0.15) is 0 Å². The molecular weight excluding hydrogens is 278 g/mol. The van der Waals surface area contributed by atoms with Crippen molar-refractivity contribution in [2.75, 3.05) is 0 Å². The minimum Gasteiger partial charge on any atom is -0.474 e. The van der Waals surface area contributed by atoms with Crippen LogP contribution in [0.5, 0.6) is 5.88 Å². The number of rotatable bonds is 7. The summed E-state index contributed by atoms with van der Waals surface area (Å²) >= 11 is 0. The van der Waals surface area contributed by atoms with Crippen LogP contribution in [0, 0.1) is 5.92 Å². The van der Waals surface area contributed by atoms with Crippen LogP contribution in [0.2, 0.25) is 0 Å². The fourth-order valence-corrected chi connectivity index (χ4v) is 2.01. The Morgan fingerprint density at radius 3 is 2.82 bits per heavy atom.